The highest BCUT2D eigenvalue weighted by molar-refractivity contribution is 9.10. The Labute approximate surface area is 110 Å². The third kappa shape index (κ3) is 1.71. The maximum Gasteiger partial charge on any atom is 0.194 e. The van der Waals surface area contributed by atoms with Crippen molar-refractivity contribution in [1.29, 1.82) is 0 Å². The number of halogens is 2. The lowest BCUT2D eigenvalue weighted by atomic mass is 10.3. The molecule has 17 heavy (non-hydrogen) atoms. The van der Waals surface area contributed by atoms with Crippen LogP contribution in [0.1, 0.15) is 0 Å². The van der Waals surface area contributed by atoms with Crippen molar-refractivity contribution in [3.8, 4) is 11.6 Å². The smallest absolute Gasteiger partial charge is 0.194 e. The van der Waals surface area contributed by atoms with Crippen LogP contribution in [0.5, 0.6) is 0 Å². The summed E-state index contributed by atoms with van der Waals surface area (Å²) in [6, 6.07) is 7.10. The van der Waals surface area contributed by atoms with Gasteiger partial charge in [-0.1, -0.05) is 0 Å². The zero-order valence-electron chi connectivity index (χ0n) is 8.52. The van der Waals surface area contributed by atoms with E-state index < -0.39 is 0 Å². The minimum atomic E-state index is 0.336. The molecule has 2 N–H and O–H groups in total. The molecule has 86 valence electrons. The Balaban J connectivity index is 2.31. The van der Waals surface area contributed by atoms with E-state index in [4.69, 9.17) is 21.8 Å². The van der Waals surface area contributed by atoms with E-state index in [1.165, 1.54) is 0 Å². The van der Waals surface area contributed by atoms with Crippen LogP contribution < -0.4 is 5.73 Å². The third-order valence-electron chi connectivity index (χ3n) is 2.42. The third-order valence-corrected chi connectivity index (χ3v) is 3.20. The molecule has 3 heterocycles. The molecular weight excluding hydrogens is 305 g/mol. The number of nitrogens with zero attached hydrogens (tertiary/aromatic N) is 2. The van der Waals surface area contributed by atoms with Crippen LogP contribution in [0, 0.1) is 0 Å². The molecule has 0 aliphatic heterocycles. The Morgan fingerprint density at radius 1 is 1.35 bits per heavy atom. The minimum Gasteiger partial charge on any atom is -0.441 e. The molecule has 0 aliphatic carbocycles. The fourth-order valence-electron chi connectivity index (χ4n) is 1.67. The van der Waals surface area contributed by atoms with Gasteiger partial charge >= 0.3 is 0 Å². The van der Waals surface area contributed by atoms with Crippen molar-refractivity contribution < 1.29 is 4.42 Å². The number of nitrogen functional groups attached to an aromatic ring is 1. The Hall–Kier alpha value is -1.46. The van der Waals surface area contributed by atoms with Gasteiger partial charge in [-0.25, -0.2) is 4.98 Å². The predicted octanol–water partition coefficient (Wildman–Crippen LogP) is 3.59. The normalized spacial score (nSPS) is 11.2. The molecule has 0 atom stereocenters. The lowest BCUT2D eigenvalue weighted by molar-refractivity contribution is 0.579. The van der Waals surface area contributed by atoms with E-state index in [-0.39, 0.29) is 0 Å². The number of imidazole rings is 1. The van der Waals surface area contributed by atoms with E-state index in [0.717, 1.165) is 5.52 Å². The van der Waals surface area contributed by atoms with E-state index in [1.807, 2.05) is 16.7 Å². The molecule has 0 bridgehead atoms. The standard InChI is InChI=1S/C11H7BrClN3O/c12-10-7-5-6(14)3-4-16(7)11(15-10)8-1-2-9(13)17-8/h1-5H,14H2. The van der Waals surface area contributed by atoms with Gasteiger partial charge in [-0.3, -0.25) is 4.40 Å². The van der Waals surface area contributed by atoms with Gasteiger partial charge in [-0.15, -0.1) is 0 Å². The van der Waals surface area contributed by atoms with E-state index in [1.54, 1.807) is 18.2 Å². The maximum atomic E-state index is 5.76. The Kier molecular flexibility index (Phi) is 2.38. The average molecular weight is 313 g/mol. The molecule has 3 aromatic heterocycles. The first-order valence-corrected chi connectivity index (χ1v) is 6.01. The lowest BCUT2D eigenvalue weighted by Gasteiger charge is -1.98. The zero-order valence-corrected chi connectivity index (χ0v) is 10.9. The van der Waals surface area contributed by atoms with Crippen molar-refractivity contribution >= 4 is 38.7 Å². The number of pyridine rings is 1. The van der Waals surface area contributed by atoms with Gasteiger partial charge in [0.15, 0.2) is 16.8 Å². The molecule has 3 rings (SSSR count). The number of aromatic nitrogens is 2. The molecule has 0 amide bonds. The van der Waals surface area contributed by atoms with Crippen LogP contribution in [0.4, 0.5) is 5.69 Å². The fraction of sp³-hybridized carbons (Fsp3) is 0. The average Bonchev–Trinajstić information content (AvgIpc) is 2.84. The topological polar surface area (TPSA) is 56.5 Å². The largest absolute Gasteiger partial charge is 0.441 e. The summed E-state index contributed by atoms with van der Waals surface area (Å²) in [5.74, 6) is 1.29. The van der Waals surface area contributed by atoms with Gasteiger partial charge < -0.3 is 10.2 Å². The summed E-state index contributed by atoms with van der Waals surface area (Å²) in [4.78, 5) is 4.39. The second-order valence-electron chi connectivity index (χ2n) is 3.55. The summed E-state index contributed by atoms with van der Waals surface area (Å²) in [5, 5.41) is 0.336. The molecule has 0 saturated heterocycles. The highest BCUT2D eigenvalue weighted by Gasteiger charge is 2.14. The van der Waals surface area contributed by atoms with Crippen molar-refractivity contribution in [1.82, 2.24) is 9.38 Å². The van der Waals surface area contributed by atoms with Gasteiger partial charge in [0, 0.05) is 11.9 Å². The van der Waals surface area contributed by atoms with Crippen molar-refractivity contribution in [3.05, 3.63) is 40.3 Å². The number of furan rings is 1. The molecule has 0 saturated carbocycles. The van der Waals surface area contributed by atoms with Crippen molar-refractivity contribution in [2.75, 3.05) is 5.73 Å². The molecule has 0 aromatic carbocycles. The number of hydrogen-bond acceptors (Lipinski definition) is 3. The summed E-state index contributed by atoms with van der Waals surface area (Å²) >= 11 is 9.15. The van der Waals surface area contributed by atoms with Crippen molar-refractivity contribution in [3.63, 3.8) is 0 Å². The number of nitrogens with two attached hydrogens (primary N) is 1. The zero-order chi connectivity index (χ0) is 12.0. The van der Waals surface area contributed by atoms with Gasteiger partial charge in [0.05, 0.1) is 5.52 Å². The molecule has 4 nitrogen and oxygen atoms in total. The number of fused-ring (bicyclic) bond motifs is 1. The first-order chi connectivity index (χ1) is 8.15. The molecule has 3 aromatic rings. The van der Waals surface area contributed by atoms with E-state index >= 15 is 0 Å². The monoisotopic (exact) mass is 311 g/mol. The molecule has 0 unspecified atom stereocenters. The quantitative estimate of drug-likeness (QED) is 0.747. The van der Waals surface area contributed by atoms with Gasteiger partial charge in [-0.2, -0.15) is 0 Å². The molecule has 0 aliphatic rings. The second kappa shape index (κ2) is 3.78. The van der Waals surface area contributed by atoms with E-state index in [2.05, 4.69) is 20.9 Å². The highest BCUT2D eigenvalue weighted by atomic mass is 79.9. The van der Waals surface area contributed by atoms with Crippen LogP contribution in [-0.4, -0.2) is 9.38 Å². The van der Waals surface area contributed by atoms with Crippen molar-refractivity contribution in [2.24, 2.45) is 0 Å². The van der Waals surface area contributed by atoms with Gasteiger partial charge in [0.1, 0.15) is 4.60 Å². The fourth-order valence-corrected chi connectivity index (χ4v) is 2.29. The summed E-state index contributed by atoms with van der Waals surface area (Å²) in [5.41, 5.74) is 7.30. The van der Waals surface area contributed by atoms with Crippen LogP contribution in [-0.2, 0) is 0 Å². The predicted molar refractivity (Wildman–Crippen MR) is 70.0 cm³/mol. The first-order valence-electron chi connectivity index (χ1n) is 4.84. The lowest BCUT2D eigenvalue weighted by Crippen LogP contribution is -1.90. The van der Waals surface area contributed by atoms with Crippen LogP contribution in [0.15, 0.2) is 39.5 Å². The first kappa shape index (κ1) is 10.7. The molecule has 0 radical (unpaired) electrons. The number of anilines is 1. The molecule has 0 spiro atoms. The molecule has 6 heteroatoms. The summed E-state index contributed by atoms with van der Waals surface area (Å²) in [7, 11) is 0. The van der Waals surface area contributed by atoms with Gasteiger partial charge in [0.2, 0.25) is 0 Å². The van der Waals surface area contributed by atoms with Crippen LogP contribution in [0.2, 0.25) is 5.22 Å². The van der Waals surface area contributed by atoms with Crippen LogP contribution in [0.25, 0.3) is 17.1 Å². The summed E-state index contributed by atoms with van der Waals surface area (Å²) in [6.07, 6.45) is 1.84. The SMILES string of the molecule is Nc1ccn2c(-c3ccc(Cl)o3)nc(Br)c2c1. The molecular formula is C11H7BrClN3O. The van der Waals surface area contributed by atoms with Gasteiger partial charge in [0.25, 0.3) is 0 Å². The molecule has 0 fully saturated rings. The summed E-state index contributed by atoms with van der Waals surface area (Å²) < 4.78 is 7.95. The minimum absolute atomic E-state index is 0.336. The Morgan fingerprint density at radius 3 is 2.88 bits per heavy atom. The highest BCUT2D eigenvalue weighted by Crippen LogP contribution is 2.29. The Bertz CT molecular complexity index is 704. The summed E-state index contributed by atoms with van der Waals surface area (Å²) in [6.45, 7) is 0. The van der Waals surface area contributed by atoms with Crippen molar-refractivity contribution in [2.45, 2.75) is 0 Å². The number of rotatable bonds is 1. The maximum absolute atomic E-state index is 5.76. The van der Waals surface area contributed by atoms with Crippen LogP contribution >= 0.6 is 27.5 Å². The Morgan fingerprint density at radius 2 is 2.18 bits per heavy atom. The number of hydrogen-bond donors (Lipinski definition) is 1. The van der Waals surface area contributed by atoms with Gasteiger partial charge in [-0.05, 0) is 51.8 Å². The van der Waals surface area contributed by atoms with E-state index in [0.29, 0.717) is 27.1 Å². The van der Waals surface area contributed by atoms with Crippen LogP contribution in [0.3, 0.4) is 0 Å². The second-order valence-corrected chi connectivity index (χ2v) is 4.67. The van der Waals surface area contributed by atoms with E-state index in [9.17, 15) is 0 Å².